The van der Waals surface area contributed by atoms with Crippen LogP contribution in [0.1, 0.15) is 51.4 Å². The minimum Gasteiger partial charge on any atom is -0.481 e. The summed E-state index contributed by atoms with van der Waals surface area (Å²) in [6, 6.07) is -1.42. The zero-order valence-corrected chi connectivity index (χ0v) is 21.4. The Hall–Kier alpha value is -2.45. The van der Waals surface area contributed by atoms with E-state index < -0.39 is 29.7 Å². The van der Waals surface area contributed by atoms with Gasteiger partial charge >= 0.3 is 11.9 Å². The molecule has 0 rings (SSSR count). The lowest BCUT2D eigenvalue weighted by Gasteiger charge is -2.17. The van der Waals surface area contributed by atoms with Crippen molar-refractivity contribution in [2.24, 2.45) is 11.7 Å². The minimum absolute atomic E-state index is 0.0392. The fourth-order valence-corrected chi connectivity index (χ4v) is 3.14. The number of nitrogens with two attached hydrogens (primary N) is 1. The van der Waals surface area contributed by atoms with Crippen molar-refractivity contribution in [1.29, 1.82) is 0 Å². The Bertz CT molecular complexity index is 661. The average molecular weight is 535 g/mol. The number of ketones is 1. The molecule has 1 unspecified atom stereocenters. The molecule has 0 aliphatic rings. The quantitative estimate of drug-likeness (QED) is 0.0823. The number of carboxylic acid groups (broad SMARTS) is 2. The highest BCUT2D eigenvalue weighted by atomic mass is 16.6. The molecule has 13 heteroatoms. The van der Waals surface area contributed by atoms with E-state index in [-0.39, 0.29) is 38.4 Å². The van der Waals surface area contributed by atoms with Crippen LogP contribution in [-0.2, 0) is 42.9 Å². The third-order valence-corrected chi connectivity index (χ3v) is 5.20. The summed E-state index contributed by atoms with van der Waals surface area (Å²) in [5.74, 6) is -3.66. The number of hydrogen-bond acceptors (Lipinski definition) is 10. The number of hydrogen-bond donors (Lipinski definition) is 4. The zero-order valence-electron chi connectivity index (χ0n) is 21.4. The SMILES string of the molecule is N[C@H](C(=O)O)C(CC=O)C(=O)CCOCCOCCOCCOCCNC(=O)CCCCCCC(=O)O. The van der Waals surface area contributed by atoms with Crippen LogP contribution in [0.25, 0.3) is 0 Å². The lowest BCUT2D eigenvalue weighted by molar-refractivity contribution is -0.143. The molecule has 0 aromatic heterocycles. The number of ether oxygens (including phenoxy) is 4. The number of Topliss-reactive ketones (excluding diaryl/α,β-unsaturated/α-hetero) is 1. The molecular formula is C24H42N2O11. The van der Waals surface area contributed by atoms with Crippen LogP contribution in [0.2, 0.25) is 0 Å². The van der Waals surface area contributed by atoms with Crippen molar-refractivity contribution < 1.29 is 53.1 Å². The first-order chi connectivity index (χ1) is 17.8. The Morgan fingerprint density at radius 1 is 0.730 bits per heavy atom. The van der Waals surface area contributed by atoms with Gasteiger partial charge in [-0.05, 0) is 12.8 Å². The molecule has 0 aromatic rings. The van der Waals surface area contributed by atoms with Crippen molar-refractivity contribution in [3.05, 3.63) is 0 Å². The Morgan fingerprint density at radius 3 is 1.76 bits per heavy atom. The van der Waals surface area contributed by atoms with Gasteiger partial charge in [-0.1, -0.05) is 12.8 Å². The van der Waals surface area contributed by atoms with Crippen molar-refractivity contribution in [2.75, 3.05) is 59.4 Å². The second kappa shape index (κ2) is 23.9. The van der Waals surface area contributed by atoms with E-state index in [1.807, 2.05) is 0 Å². The summed E-state index contributed by atoms with van der Waals surface area (Å²) < 4.78 is 21.4. The molecule has 0 spiro atoms. The summed E-state index contributed by atoms with van der Waals surface area (Å²) in [5.41, 5.74) is 5.45. The number of carbonyl (C=O) groups is 5. The Labute approximate surface area is 217 Å². The van der Waals surface area contributed by atoms with Gasteiger partial charge in [-0.15, -0.1) is 0 Å². The van der Waals surface area contributed by atoms with Crippen molar-refractivity contribution in [3.8, 4) is 0 Å². The van der Waals surface area contributed by atoms with Gasteiger partial charge in [0.05, 0.1) is 58.8 Å². The molecule has 0 aliphatic carbocycles. The first-order valence-electron chi connectivity index (χ1n) is 12.5. The standard InChI is InChI=1S/C24H42N2O11/c25-23(24(32)33)19(7-10-27)20(28)8-11-34-13-15-36-17-18-37-16-14-35-12-9-26-21(29)5-3-1-2-4-6-22(30)31/h10,19,23H,1-9,11-18,25H2,(H,26,29)(H,30,31)(H,32,33)/t19?,23-/m0/s1. The molecule has 0 fully saturated rings. The van der Waals surface area contributed by atoms with Crippen LogP contribution in [0.3, 0.4) is 0 Å². The third kappa shape index (κ3) is 21.4. The maximum absolute atomic E-state index is 12.0. The van der Waals surface area contributed by atoms with Crippen LogP contribution < -0.4 is 11.1 Å². The monoisotopic (exact) mass is 534 g/mol. The molecule has 0 bridgehead atoms. The van der Waals surface area contributed by atoms with Crippen molar-refractivity contribution in [3.63, 3.8) is 0 Å². The van der Waals surface area contributed by atoms with Crippen molar-refractivity contribution in [2.45, 2.75) is 57.4 Å². The lowest BCUT2D eigenvalue weighted by Crippen LogP contribution is -2.42. The fourth-order valence-electron chi connectivity index (χ4n) is 3.14. The highest BCUT2D eigenvalue weighted by Crippen LogP contribution is 2.11. The number of nitrogens with one attached hydrogen (secondary N) is 1. The van der Waals surface area contributed by atoms with Gasteiger partial charge in [0.2, 0.25) is 5.91 Å². The second-order valence-corrected chi connectivity index (χ2v) is 8.20. The summed E-state index contributed by atoms with van der Waals surface area (Å²) in [4.78, 5) is 55.7. The van der Waals surface area contributed by atoms with Gasteiger partial charge < -0.3 is 45.0 Å². The summed E-state index contributed by atoms with van der Waals surface area (Å²) in [7, 11) is 0. The number of carboxylic acids is 2. The Morgan fingerprint density at radius 2 is 1.24 bits per heavy atom. The Balaban J connectivity index is 3.45. The molecule has 0 aliphatic heterocycles. The average Bonchev–Trinajstić information content (AvgIpc) is 2.86. The molecule has 37 heavy (non-hydrogen) atoms. The van der Waals surface area contributed by atoms with E-state index in [0.717, 1.165) is 19.3 Å². The molecule has 0 heterocycles. The van der Waals surface area contributed by atoms with Crippen LogP contribution in [0, 0.1) is 5.92 Å². The maximum atomic E-state index is 12.0. The third-order valence-electron chi connectivity index (χ3n) is 5.20. The first kappa shape index (κ1) is 34.6. The van der Waals surface area contributed by atoms with Gasteiger partial charge in [-0.25, -0.2) is 0 Å². The van der Waals surface area contributed by atoms with Crippen LogP contribution in [0.5, 0.6) is 0 Å². The molecule has 5 N–H and O–H groups in total. The van der Waals surface area contributed by atoms with E-state index in [9.17, 15) is 24.0 Å². The minimum atomic E-state index is -1.42. The van der Waals surface area contributed by atoms with Gasteiger partial charge in [-0.2, -0.15) is 0 Å². The van der Waals surface area contributed by atoms with Gasteiger partial charge in [-0.3, -0.25) is 19.2 Å². The summed E-state index contributed by atoms with van der Waals surface area (Å²) in [6.07, 6.45) is 3.81. The molecule has 0 saturated carbocycles. The van der Waals surface area contributed by atoms with Crippen LogP contribution in [0.15, 0.2) is 0 Å². The Kier molecular flexibility index (Phi) is 22.3. The van der Waals surface area contributed by atoms with Gasteiger partial charge in [0.1, 0.15) is 18.1 Å². The largest absolute Gasteiger partial charge is 0.481 e. The second-order valence-electron chi connectivity index (χ2n) is 8.20. The van der Waals surface area contributed by atoms with Crippen molar-refractivity contribution >= 4 is 29.9 Å². The van der Waals surface area contributed by atoms with Crippen LogP contribution in [-0.4, -0.2) is 106 Å². The molecule has 0 saturated heterocycles. The lowest BCUT2D eigenvalue weighted by atomic mass is 9.91. The molecule has 2 atom stereocenters. The summed E-state index contributed by atoms with van der Waals surface area (Å²) in [6.45, 7) is 2.89. The molecule has 0 aromatic carbocycles. The van der Waals surface area contributed by atoms with Gasteiger partial charge in [0, 0.05) is 32.2 Å². The van der Waals surface area contributed by atoms with Gasteiger partial charge in [0.25, 0.3) is 0 Å². The number of amides is 1. The zero-order chi connectivity index (χ0) is 27.7. The molecule has 13 nitrogen and oxygen atoms in total. The topological polar surface area (TPSA) is 201 Å². The summed E-state index contributed by atoms with van der Waals surface area (Å²) >= 11 is 0. The van der Waals surface area contributed by atoms with E-state index >= 15 is 0 Å². The fraction of sp³-hybridized carbons (Fsp3) is 0.792. The molecule has 1 amide bonds. The predicted octanol–water partition coefficient (Wildman–Crippen LogP) is 0.171. The van der Waals surface area contributed by atoms with E-state index in [1.165, 1.54) is 0 Å². The molecule has 214 valence electrons. The number of unbranched alkanes of at least 4 members (excludes halogenated alkanes) is 3. The van der Waals surface area contributed by atoms with E-state index in [0.29, 0.717) is 65.3 Å². The molecule has 0 radical (unpaired) electrons. The molecular weight excluding hydrogens is 492 g/mol. The first-order valence-corrected chi connectivity index (χ1v) is 12.5. The van der Waals surface area contributed by atoms with Crippen LogP contribution >= 0.6 is 0 Å². The normalized spacial score (nSPS) is 12.6. The number of aliphatic carboxylic acids is 2. The van der Waals surface area contributed by atoms with E-state index in [4.69, 9.17) is 34.9 Å². The number of carbonyl (C=O) groups excluding carboxylic acids is 3. The maximum Gasteiger partial charge on any atom is 0.321 e. The summed E-state index contributed by atoms with van der Waals surface area (Å²) in [5, 5.41) is 20.2. The highest BCUT2D eigenvalue weighted by molar-refractivity contribution is 5.89. The van der Waals surface area contributed by atoms with E-state index in [1.54, 1.807) is 0 Å². The number of rotatable bonds is 27. The highest BCUT2D eigenvalue weighted by Gasteiger charge is 2.29. The smallest absolute Gasteiger partial charge is 0.321 e. The predicted molar refractivity (Wildman–Crippen MR) is 131 cm³/mol. The van der Waals surface area contributed by atoms with E-state index in [2.05, 4.69) is 5.32 Å². The van der Waals surface area contributed by atoms with Gasteiger partial charge in [0.15, 0.2) is 0 Å². The van der Waals surface area contributed by atoms with Crippen LogP contribution in [0.4, 0.5) is 0 Å². The number of aldehydes is 1. The van der Waals surface area contributed by atoms with Crippen molar-refractivity contribution in [1.82, 2.24) is 5.32 Å².